The second kappa shape index (κ2) is 4.52. The molecule has 0 spiro atoms. The minimum atomic E-state index is -0.476. The fourth-order valence-electron chi connectivity index (χ4n) is 2.39. The monoisotopic (exact) mass is 275 g/mol. The van der Waals surface area contributed by atoms with Crippen molar-refractivity contribution in [3.63, 3.8) is 0 Å². The molecule has 1 atom stereocenters. The summed E-state index contributed by atoms with van der Waals surface area (Å²) in [6.45, 7) is 0.250. The SMILES string of the molecule is NC(=O)C1CC(=O)N(c2ccc3c(c2)NC(=O)CO3)C1. The lowest BCUT2D eigenvalue weighted by Gasteiger charge is -2.22. The zero-order chi connectivity index (χ0) is 14.3. The molecule has 20 heavy (non-hydrogen) atoms. The van der Waals surface area contributed by atoms with Crippen molar-refractivity contribution < 1.29 is 19.1 Å². The number of carbonyl (C=O) groups is 3. The Kier molecular flexibility index (Phi) is 2.81. The summed E-state index contributed by atoms with van der Waals surface area (Å²) in [5, 5.41) is 2.68. The Hall–Kier alpha value is -2.57. The molecule has 3 rings (SSSR count). The van der Waals surface area contributed by atoms with E-state index in [-0.39, 0.29) is 31.4 Å². The van der Waals surface area contributed by atoms with E-state index in [1.54, 1.807) is 18.2 Å². The first kappa shape index (κ1) is 12.5. The fourth-order valence-corrected chi connectivity index (χ4v) is 2.39. The summed E-state index contributed by atoms with van der Waals surface area (Å²) in [5.74, 6) is -0.777. The van der Waals surface area contributed by atoms with Gasteiger partial charge in [0.1, 0.15) is 5.75 Å². The quantitative estimate of drug-likeness (QED) is 0.784. The number of fused-ring (bicyclic) bond motifs is 1. The van der Waals surface area contributed by atoms with Crippen molar-refractivity contribution in [1.29, 1.82) is 0 Å². The molecule has 2 aliphatic heterocycles. The first-order chi connectivity index (χ1) is 9.54. The van der Waals surface area contributed by atoms with Gasteiger partial charge in [0.05, 0.1) is 11.6 Å². The van der Waals surface area contributed by atoms with Gasteiger partial charge in [0.2, 0.25) is 11.8 Å². The summed E-state index contributed by atoms with van der Waals surface area (Å²) >= 11 is 0. The smallest absolute Gasteiger partial charge is 0.262 e. The van der Waals surface area contributed by atoms with Gasteiger partial charge in [-0.2, -0.15) is 0 Å². The van der Waals surface area contributed by atoms with Gasteiger partial charge >= 0.3 is 0 Å². The van der Waals surface area contributed by atoms with Crippen LogP contribution in [-0.4, -0.2) is 30.9 Å². The third kappa shape index (κ3) is 2.07. The summed E-state index contributed by atoms with van der Waals surface area (Å²) in [4.78, 5) is 35.9. The zero-order valence-corrected chi connectivity index (χ0v) is 10.6. The Balaban J connectivity index is 1.88. The van der Waals surface area contributed by atoms with Crippen LogP contribution in [0.1, 0.15) is 6.42 Å². The van der Waals surface area contributed by atoms with Gasteiger partial charge in [0, 0.05) is 18.7 Å². The largest absolute Gasteiger partial charge is 0.482 e. The van der Waals surface area contributed by atoms with E-state index in [4.69, 9.17) is 10.5 Å². The first-order valence-corrected chi connectivity index (χ1v) is 6.21. The molecular weight excluding hydrogens is 262 g/mol. The minimum Gasteiger partial charge on any atom is -0.482 e. The van der Waals surface area contributed by atoms with E-state index in [1.165, 1.54) is 4.90 Å². The number of benzene rings is 1. The minimum absolute atomic E-state index is 0.0151. The highest BCUT2D eigenvalue weighted by Gasteiger charge is 2.34. The fraction of sp³-hybridized carbons (Fsp3) is 0.308. The predicted octanol–water partition coefficient (Wildman–Crippen LogP) is -0.144. The average molecular weight is 275 g/mol. The van der Waals surface area contributed by atoms with Gasteiger partial charge in [-0.15, -0.1) is 0 Å². The molecule has 0 aliphatic carbocycles. The normalized spacial score (nSPS) is 21.2. The van der Waals surface area contributed by atoms with Crippen LogP contribution in [0.4, 0.5) is 11.4 Å². The van der Waals surface area contributed by atoms with Crippen molar-refractivity contribution in [2.24, 2.45) is 11.7 Å². The van der Waals surface area contributed by atoms with E-state index in [2.05, 4.69) is 5.32 Å². The van der Waals surface area contributed by atoms with Crippen LogP contribution in [0.25, 0.3) is 0 Å². The molecule has 0 radical (unpaired) electrons. The molecular formula is C13H13N3O4. The third-order valence-corrected chi connectivity index (χ3v) is 3.44. The number of nitrogens with one attached hydrogen (secondary N) is 1. The van der Waals surface area contributed by atoms with E-state index in [0.29, 0.717) is 17.1 Å². The molecule has 2 aliphatic rings. The molecule has 1 aromatic rings. The lowest BCUT2D eigenvalue weighted by Crippen LogP contribution is -2.29. The predicted molar refractivity (Wildman–Crippen MR) is 70.2 cm³/mol. The van der Waals surface area contributed by atoms with Crippen molar-refractivity contribution in [2.75, 3.05) is 23.4 Å². The van der Waals surface area contributed by atoms with Crippen molar-refractivity contribution in [3.8, 4) is 5.75 Å². The number of nitrogens with two attached hydrogens (primary N) is 1. The maximum absolute atomic E-state index is 11.9. The van der Waals surface area contributed by atoms with Gasteiger partial charge in [-0.25, -0.2) is 0 Å². The van der Waals surface area contributed by atoms with Crippen LogP contribution in [-0.2, 0) is 14.4 Å². The van der Waals surface area contributed by atoms with Gasteiger partial charge in [-0.1, -0.05) is 0 Å². The molecule has 7 nitrogen and oxygen atoms in total. The second-order valence-electron chi connectivity index (χ2n) is 4.83. The van der Waals surface area contributed by atoms with Gasteiger partial charge in [-0.3, -0.25) is 14.4 Å². The Bertz CT molecular complexity index is 614. The summed E-state index contributed by atoms with van der Waals surface area (Å²) in [6, 6.07) is 5.07. The lowest BCUT2D eigenvalue weighted by molar-refractivity contribution is -0.123. The third-order valence-electron chi connectivity index (χ3n) is 3.44. The maximum Gasteiger partial charge on any atom is 0.262 e. The van der Waals surface area contributed by atoms with E-state index >= 15 is 0 Å². The number of nitrogens with zero attached hydrogens (tertiary/aromatic N) is 1. The van der Waals surface area contributed by atoms with Crippen LogP contribution >= 0.6 is 0 Å². The van der Waals surface area contributed by atoms with E-state index in [1.807, 2.05) is 0 Å². The van der Waals surface area contributed by atoms with Gasteiger partial charge in [0.25, 0.3) is 5.91 Å². The lowest BCUT2D eigenvalue weighted by atomic mass is 10.1. The standard InChI is InChI=1S/C13H13N3O4/c14-13(19)7-3-12(18)16(5-7)8-1-2-10-9(4-8)15-11(17)6-20-10/h1-2,4,7H,3,5-6H2,(H2,14,19)(H,15,17). The summed E-state index contributed by atoms with van der Waals surface area (Å²) < 4.78 is 5.25. The number of hydrogen-bond acceptors (Lipinski definition) is 4. The summed E-state index contributed by atoms with van der Waals surface area (Å²) in [7, 11) is 0. The topological polar surface area (TPSA) is 102 Å². The molecule has 1 unspecified atom stereocenters. The highest BCUT2D eigenvalue weighted by molar-refractivity contribution is 6.01. The molecule has 1 fully saturated rings. The Labute approximate surface area is 114 Å². The molecule has 104 valence electrons. The number of anilines is 2. The van der Waals surface area contributed by atoms with E-state index < -0.39 is 11.8 Å². The van der Waals surface area contributed by atoms with Crippen LogP contribution in [0.5, 0.6) is 5.75 Å². The Morgan fingerprint density at radius 1 is 1.40 bits per heavy atom. The van der Waals surface area contributed by atoms with Gasteiger partial charge in [0.15, 0.2) is 6.61 Å². The molecule has 3 N–H and O–H groups in total. The van der Waals surface area contributed by atoms with Crippen LogP contribution in [0.2, 0.25) is 0 Å². The number of ether oxygens (including phenoxy) is 1. The molecule has 0 bridgehead atoms. The van der Waals surface area contributed by atoms with Gasteiger partial charge < -0.3 is 20.7 Å². The number of amides is 3. The highest BCUT2D eigenvalue weighted by atomic mass is 16.5. The van der Waals surface area contributed by atoms with Crippen LogP contribution in [0, 0.1) is 5.92 Å². The first-order valence-electron chi connectivity index (χ1n) is 6.21. The Morgan fingerprint density at radius 2 is 2.20 bits per heavy atom. The van der Waals surface area contributed by atoms with E-state index in [0.717, 1.165) is 0 Å². The van der Waals surface area contributed by atoms with Crippen LogP contribution < -0.4 is 20.7 Å². The number of rotatable bonds is 2. The zero-order valence-electron chi connectivity index (χ0n) is 10.6. The second-order valence-corrected chi connectivity index (χ2v) is 4.83. The van der Waals surface area contributed by atoms with Crippen LogP contribution in [0.15, 0.2) is 18.2 Å². The molecule has 1 saturated heterocycles. The molecule has 7 heteroatoms. The van der Waals surface area contributed by atoms with Crippen molar-refractivity contribution in [2.45, 2.75) is 6.42 Å². The summed E-state index contributed by atoms with van der Waals surface area (Å²) in [5.41, 5.74) is 6.37. The molecule has 0 aromatic heterocycles. The maximum atomic E-state index is 11.9. The number of hydrogen-bond donors (Lipinski definition) is 2. The molecule has 1 aromatic carbocycles. The van der Waals surface area contributed by atoms with Gasteiger partial charge in [-0.05, 0) is 18.2 Å². The van der Waals surface area contributed by atoms with Crippen molar-refractivity contribution >= 4 is 29.1 Å². The van der Waals surface area contributed by atoms with Crippen LogP contribution in [0.3, 0.4) is 0 Å². The molecule has 2 heterocycles. The van der Waals surface area contributed by atoms with E-state index in [9.17, 15) is 14.4 Å². The van der Waals surface area contributed by atoms with Crippen molar-refractivity contribution in [3.05, 3.63) is 18.2 Å². The summed E-state index contributed by atoms with van der Waals surface area (Å²) in [6.07, 6.45) is 0.120. The number of carbonyl (C=O) groups excluding carboxylic acids is 3. The van der Waals surface area contributed by atoms with Crippen molar-refractivity contribution in [1.82, 2.24) is 0 Å². The number of primary amides is 1. The molecule has 3 amide bonds. The molecule has 0 saturated carbocycles. The Morgan fingerprint density at radius 3 is 2.90 bits per heavy atom. The average Bonchev–Trinajstić information content (AvgIpc) is 2.80. The highest BCUT2D eigenvalue weighted by Crippen LogP contribution is 2.34.